The van der Waals surface area contributed by atoms with Crippen molar-refractivity contribution in [2.24, 2.45) is 0 Å². The molecule has 15 heavy (non-hydrogen) atoms. The van der Waals surface area contributed by atoms with Crippen molar-refractivity contribution >= 4 is 22.2 Å². The van der Waals surface area contributed by atoms with Crippen LogP contribution in [0.2, 0.25) is 0 Å². The summed E-state index contributed by atoms with van der Waals surface area (Å²) in [6.45, 7) is 1.87. The molecule has 1 aromatic carbocycles. The van der Waals surface area contributed by atoms with Gasteiger partial charge in [-0.2, -0.15) is 0 Å². The van der Waals surface area contributed by atoms with Gasteiger partial charge >= 0.3 is 0 Å². The van der Waals surface area contributed by atoms with Gasteiger partial charge in [0.25, 0.3) is 0 Å². The average Bonchev–Trinajstić information content (AvgIpc) is 2.27. The molecule has 0 aliphatic heterocycles. The van der Waals surface area contributed by atoms with Gasteiger partial charge in [0.15, 0.2) is 0 Å². The Balaban J connectivity index is 3.10. The Kier molecular flexibility index (Phi) is 4.45. The lowest BCUT2D eigenvalue weighted by Gasteiger charge is -2.17. The van der Waals surface area contributed by atoms with E-state index in [9.17, 15) is 15.0 Å². The van der Waals surface area contributed by atoms with E-state index >= 15 is 0 Å². The second-order valence-corrected chi connectivity index (χ2v) is 4.06. The fraction of sp³-hybridized carbons (Fsp3) is 0.364. The lowest BCUT2D eigenvalue weighted by molar-refractivity contribution is 0.0338. The van der Waals surface area contributed by atoms with Gasteiger partial charge in [0.2, 0.25) is 0 Å². The van der Waals surface area contributed by atoms with Crippen molar-refractivity contribution in [2.75, 3.05) is 5.33 Å². The van der Waals surface area contributed by atoms with Gasteiger partial charge in [0.1, 0.15) is 12.4 Å². The third-order valence-corrected chi connectivity index (χ3v) is 2.87. The summed E-state index contributed by atoms with van der Waals surface area (Å²) >= 11 is 3.08. The Morgan fingerprint density at radius 2 is 2.13 bits per heavy atom. The van der Waals surface area contributed by atoms with Crippen molar-refractivity contribution in [1.29, 1.82) is 0 Å². The molecule has 0 heterocycles. The molecule has 0 aromatic heterocycles. The number of alkyl halides is 1. The highest BCUT2D eigenvalue weighted by atomic mass is 79.9. The predicted molar refractivity (Wildman–Crippen MR) is 61.3 cm³/mol. The molecule has 0 fully saturated rings. The Morgan fingerprint density at radius 3 is 2.67 bits per heavy atom. The number of aryl methyl sites for hydroxylation is 1. The van der Waals surface area contributed by atoms with E-state index in [1.807, 2.05) is 6.92 Å². The van der Waals surface area contributed by atoms with Crippen LogP contribution in [-0.4, -0.2) is 27.9 Å². The van der Waals surface area contributed by atoms with E-state index in [4.69, 9.17) is 0 Å². The minimum Gasteiger partial charge on any atom is -0.389 e. The van der Waals surface area contributed by atoms with Crippen molar-refractivity contribution in [3.63, 3.8) is 0 Å². The molecule has 0 bridgehead atoms. The van der Waals surface area contributed by atoms with E-state index in [0.717, 1.165) is 5.56 Å². The quantitative estimate of drug-likeness (QED) is 0.647. The van der Waals surface area contributed by atoms with E-state index in [1.165, 1.54) is 0 Å². The third kappa shape index (κ3) is 2.87. The fourth-order valence-electron chi connectivity index (χ4n) is 1.35. The summed E-state index contributed by atoms with van der Waals surface area (Å²) in [5.41, 5.74) is 1.82. The molecular weight excluding hydrogens is 260 g/mol. The molecule has 1 aromatic rings. The monoisotopic (exact) mass is 272 g/mol. The van der Waals surface area contributed by atoms with Crippen LogP contribution in [-0.2, 0) is 0 Å². The maximum atomic E-state index is 10.7. The summed E-state index contributed by atoms with van der Waals surface area (Å²) in [6, 6.07) is 5.14. The zero-order chi connectivity index (χ0) is 11.4. The molecule has 0 saturated carbocycles. The van der Waals surface area contributed by atoms with Gasteiger partial charge in [-0.1, -0.05) is 39.7 Å². The van der Waals surface area contributed by atoms with Gasteiger partial charge in [-0.05, 0) is 12.5 Å². The molecule has 1 rings (SSSR count). The summed E-state index contributed by atoms with van der Waals surface area (Å²) < 4.78 is 0. The first-order valence-electron chi connectivity index (χ1n) is 4.58. The van der Waals surface area contributed by atoms with Crippen LogP contribution in [0.5, 0.6) is 0 Å². The van der Waals surface area contributed by atoms with Crippen LogP contribution >= 0.6 is 15.9 Å². The van der Waals surface area contributed by atoms with Crippen LogP contribution in [0, 0.1) is 6.92 Å². The molecular formula is C11H13BrO3. The van der Waals surface area contributed by atoms with E-state index in [2.05, 4.69) is 15.9 Å². The third-order valence-electron chi connectivity index (χ3n) is 2.21. The van der Waals surface area contributed by atoms with Gasteiger partial charge in [-0.15, -0.1) is 0 Å². The number of hydrogen-bond acceptors (Lipinski definition) is 3. The summed E-state index contributed by atoms with van der Waals surface area (Å²) in [5.74, 6) is 0. The van der Waals surface area contributed by atoms with Gasteiger partial charge in [0, 0.05) is 10.9 Å². The van der Waals surface area contributed by atoms with Crippen LogP contribution in [0.1, 0.15) is 27.6 Å². The fourth-order valence-corrected chi connectivity index (χ4v) is 1.70. The number of rotatable bonds is 4. The van der Waals surface area contributed by atoms with E-state index in [0.29, 0.717) is 17.4 Å². The molecule has 2 N–H and O–H groups in total. The number of halogens is 1. The Bertz CT molecular complexity index is 352. The van der Waals surface area contributed by atoms with Crippen LogP contribution in [0.4, 0.5) is 0 Å². The molecule has 82 valence electrons. The number of carbonyl (C=O) groups excluding carboxylic acids is 1. The van der Waals surface area contributed by atoms with Gasteiger partial charge in [0.05, 0.1) is 6.10 Å². The molecule has 0 saturated heterocycles. The minimum atomic E-state index is -1.04. The second kappa shape index (κ2) is 5.39. The number of aliphatic hydroxyl groups excluding tert-OH is 2. The Labute approximate surface area is 96.9 Å². The first-order chi connectivity index (χ1) is 7.10. The molecule has 0 aliphatic carbocycles. The zero-order valence-corrected chi connectivity index (χ0v) is 9.94. The highest BCUT2D eigenvalue weighted by Crippen LogP contribution is 2.22. The van der Waals surface area contributed by atoms with Gasteiger partial charge < -0.3 is 10.2 Å². The Morgan fingerprint density at radius 1 is 1.47 bits per heavy atom. The summed E-state index contributed by atoms with van der Waals surface area (Å²) in [4.78, 5) is 10.7. The average molecular weight is 273 g/mol. The van der Waals surface area contributed by atoms with Crippen molar-refractivity contribution in [3.05, 3.63) is 34.9 Å². The molecule has 0 amide bonds. The smallest absolute Gasteiger partial charge is 0.150 e. The highest BCUT2D eigenvalue weighted by molar-refractivity contribution is 9.09. The Hall–Kier alpha value is -0.710. The number of carbonyl (C=O) groups is 1. The summed E-state index contributed by atoms with van der Waals surface area (Å²) in [6.07, 6.45) is -1.27. The van der Waals surface area contributed by atoms with Crippen LogP contribution in [0.25, 0.3) is 0 Å². The molecule has 4 heteroatoms. The lowest BCUT2D eigenvalue weighted by atomic mass is 9.98. The van der Waals surface area contributed by atoms with E-state index in [-0.39, 0.29) is 5.33 Å². The highest BCUT2D eigenvalue weighted by Gasteiger charge is 2.19. The van der Waals surface area contributed by atoms with Crippen LogP contribution < -0.4 is 0 Å². The van der Waals surface area contributed by atoms with Crippen LogP contribution in [0.3, 0.4) is 0 Å². The molecule has 0 radical (unpaired) electrons. The number of hydrogen-bond donors (Lipinski definition) is 2. The largest absolute Gasteiger partial charge is 0.389 e. The van der Waals surface area contributed by atoms with Crippen molar-refractivity contribution < 1.29 is 15.0 Å². The normalized spacial score (nSPS) is 14.7. The van der Waals surface area contributed by atoms with Crippen LogP contribution in [0.15, 0.2) is 18.2 Å². The SMILES string of the molecule is Cc1ccc(C=O)c(C(O)C(O)CBr)c1. The molecule has 2 unspecified atom stereocenters. The molecule has 3 nitrogen and oxygen atoms in total. The van der Waals surface area contributed by atoms with Gasteiger partial charge in [-0.25, -0.2) is 0 Å². The number of benzene rings is 1. The predicted octanol–water partition coefficient (Wildman–Crippen LogP) is 1.60. The molecule has 0 spiro atoms. The maximum absolute atomic E-state index is 10.7. The molecule has 2 atom stereocenters. The number of aliphatic hydroxyl groups is 2. The van der Waals surface area contributed by atoms with Crippen molar-refractivity contribution in [3.8, 4) is 0 Å². The lowest BCUT2D eigenvalue weighted by Crippen LogP contribution is -2.20. The second-order valence-electron chi connectivity index (χ2n) is 3.42. The zero-order valence-electron chi connectivity index (χ0n) is 8.35. The minimum absolute atomic E-state index is 0.264. The van der Waals surface area contributed by atoms with E-state index in [1.54, 1.807) is 18.2 Å². The van der Waals surface area contributed by atoms with Crippen molar-refractivity contribution in [1.82, 2.24) is 0 Å². The van der Waals surface area contributed by atoms with Crippen molar-refractivity contribution in [2.45, 2.75) is 19.1 Å². The maximum Gasteiger partial charge on any atom is 0.150 e. The first-order valence-corrected chi connectivity index (χ1v) is 5.70. The topological polar surface area (TPSA) is 57.5 Å². The number of aldehydes is 1. The summed E-state index contributed by atoms with van der Waals surface area (Å²) in [7, 11) is 0. The molecule has 0 aliphatic rings. The standard InChI is InChI=1S/C11H13BrO3/c1-7-2-3-8(6-13)9(4-7)11(15)10(14)5-12/h2-4,6,10-11,14-15H,5H2,1H3. The van der Waals surface area contributed by atoms with Gasteiger partial charge in [-0.3, -0.25) is 4.79 Å². The summed E-state index contributed by atoms with van der Waals surface area (Å²) in [5, 5.41) is 19.5. The van der Waals surface area contributed by atoms with E-state index < -0.39 is 12.2 Å². The first kappa shape index (κ1) is 12.4.